The Bertz CT molecular complexity index is 1120. The topological polar surface area (TPSA) is 112 Å². The molecule has 2 aromatic heterocycles. The predicted molar refractivity (Wildman–Crippen MR) is 116 cm³/mol. The summed E-state index contributed by atoms with van der Waals surface area (Å²) < 4.78 is 12.3. The number of aromatic nitrogens is 2. The number of hydrogen-bond acceptors (Lipinski definition) is 6. The quantitative estimate of drug-likeness (QED) is 0.175. The van der Waals surface area contributed by atoms with Gasteiger partial charge in [0.1, 0.15) is 34.8 Å². The fraction of sp³-hybridized carbons (Fsp3) is 0.176. The molecule has 2 heterocycles. The summed E-state index contributed by atoms with van der Waals surface area (Å²) in [6.45, 7) is 0.306. The highest BCUT2D eigenvalue weighted by Gasteiger charge is 2.21. The average Bonchev–Trinajstić information content (AvgIpc) is 3.40. The van der Waals surface area contributed by atoms with Gasteiger partial charge in [0.15, 0.2) is 11.5 Å². The van der Waals surface area contributed by atoms with Gasteiger partial charge in [-0.1, -0.05) is 58.0 Å². The lowest BCUT2D eigenvalue weighted by atomic mass is 10.3. The van der Waals surface area contributed by atoms with Gasteiger partial charge in [0.05, 0.1) is 26.5 Å². The molecule has 0 fully saturated rings. The number of nitro groups is 1. The molecule has 0 bridgehead atoms. The number of ether oxygens (including phenoxy) is 1. The van der Waals surface area contributed by atoms with Crippen molar-refractivity contribution in [1.29, 1.82) is 0 Å². The zero-order valence-corrected chi connectivity index (χ0v) is 19.0. The van der Waals surface area contributed by atoms with Crippen molar-refractivity contribution in [1.82, 2.24) is 15.1 Å². The van der Waals surface area contributed by atoms with E-state index in [9.17, 15) is 14.9 Å². The van der Waals surface area contributed by atoms with Crippen molar-refractivity contribution in [2.24, 2.45) is 0 Å². The molecule has 1 aromatic carbocycles. The summed E-state index contributed by atoms with van der Waals surface area (Å²) in [5, 5.41) is 17.1. The molecule has 0 aliphatic heterocycles. The number of furan rings is 1. The lowest BCUT2D eigenvalue weighted by molar-refractivity contribution is -0.385. The molecule has 31 heavy (non-hydrogen) atoms. The first-order valence-electron chi connectivity index (χ1n) is 8.37. The summed E-state index contributed by atoms with van der Waals surface area (Å²) in [7, 11) is 0. The van der Waals surface area contributed by atoms with Gasteiger partial charge in [0.25, 0.3) is 5.91 Å². The van der Waals surface area contributed by atoms with Gasteiger partial charge in [0.2, 0.25) is 0 Å². The molecule has 0 saturated heterocycles. The van der Waals surface area contributed by atoms with E-state index in [1.165, 1.54) is 23.0 Å². The first-order chi connectivity index (χ1) is 14.7. The van der Waals surface area contributed by atoms with Gasteiger partial charge >= 0.3 is 5.69 Å². The number of nitrogens with one attached hydrogen (secondary N) is 1. The van der Waals surface area contributed by atoms with Crippen LogP contribution in [-0.2, 0) is 13.2 Å². The Hall–Kier alpha value is -2.17. The third kappa shape index (κ3) is 5.36. The number of nitrogens with zero attached hydrogens (tertiary/aromatic N) is 3. The van der Waals surface area contributed by atoms with E-state index >= 15 is 0 Å². The molecule has 3 aromatic rings. The van der Waals surface area contributed by atoms with Crippen molar-refractivity contribution in [3.8, 4) is 5.75 Å². The molecule has 164 valence electrons. The standard InChI is InChI=1S/C17H11Cl5N4O5/c18-11-12(19)14(21)16(15(22)13(11)20)30-7-9-1-2-10(31-9)17(27)23-3-4-25-6-8(5-24-25)26(28)29/h1-2,5-6H,3-4,7H2,(H,23,27). The fourth-order valence-electron chi connectivity index (χ4n) is 2.37. The van der Waals surface area contributed by atoms with Crippen LogP contribution >= 0.6 is 58.0 Å². The highest BCUT2D eigenvalue weighted by molar-refractivity contribution is 6.55. The molecule has 0 spiro atoms. The summed E-state index contributed by atoms with van der Waals surface area (Å²) >= 11 is 30.1. The summed E-state index contributed by atoms with van der Waals surface area (Å²) in [6.07, 6.45) is 2.39. The van der Waals surface area contributed by atoms with Gasteiger partial charge < -0.3 is 14.5 Å². The molecule has 1 amide bonds. The summed E-state index contributed by atoms with van der Waals surface area (Å²) in [4.78, 5) is 22.3. The van der Waals surface area contributed by atoms with Crippen LogP contribution in [-0.4, -0.2) is 27.2 Å². The molecule has 0 saturated carbocycles. The first kappa shape index (κ1) is 23.5. The van der Waals surface area contributed by atoms with Crippen LogP contribution in [0.4, 0.5) is 5.69 Å². The Morgan fingerprint density at radius 3 is 2.39 bits per heavy atom. The second-order valence-electron chi connectivity index (χ2n) is 5.93. The summed E-state index contributed by atoms with van der Waals surface area (Å²) in [6, 6.07) is 2.99. The van der Waals surface area contributed by atoms with Gasteiger partial charge in [-0.15, -0.1) is 0 Å². The minimum atomic E-state index is -0.555. The van der Waals surface area contributed by atoms with Gasteiger partial charge in [-0.2, -0.15) is 5.10 Å². The monoisotopic (exact) mass is 526 g/mol. The van der Waals surface area contributed by atoms with E-state index in [0.717, 1.165) is 6.20 Å². The Kier molecular flexibility index (Phi) is 7.55. The van der Waals surface area contributed by atoms with Crippen LogP contribution in [0.15, 0.2) is 28.9 Å². The lowest BCUT2D eigenvalue weighted by Gasteiger charge is -2.12. The van der Waals surface area contributed by atoms with Crippen molar-refractivity contribution in [2.75, 3.05) is 6.54 Å². The Labute approximate surface area is 199 Å². The highest BCUT2D eigenvalue weighted by Crippen LogP contribution is 2.48. The van der Waals surface area contributed by atoms with Crippen molar-refractivity contribution < 1.29 is 18.9 Å². The van der Waals surface area contributed by atoms with Crippen LogP contribution in [0.1, 0.15) is 16.3 Å². The van der Waals surface area contributed by atoms with Gasteiger partial charge in [-0.05, 0) is 12.1 Å². The molecule has 14 heteroatoms. The van der Waals surface area contributed by atoms with Crippen molar-refractivity contribution in [3.05, 3.63) is 71.3 Å². The molecular formula is C17H11Cl5N4O5. The van der Waals surface area contributed by atoms with E-state index < -0.39 is 10.8 Å². The maximum Gasteiger partial charge on any atom is 0.306 e. The predicted octanol–water partition coefficient (Wildman–Crippen LogP) is 5.66. The van der Waals surface area contributed by atoms with Crippen LogP contribution in [0.2, 0.25) is 25.1 Å². The average molecular weight is 529 g/mol. The molecule has 3 rings (SSSR count). The number of halogens is 5. The van der Waals surface area contributed by atoms with E-state index in [2.05, 4.69) is 10.4 Å². The second kappa shape index (κ2) is 9.97. The maximum atomic E-state index is 12.2. The van der Waals surface area contributed by atoms with Gasteiger partial charge in [-0.25, -0.2) is 0 Å². The molecule has 1 N–H and O–H groups in total. The third-order valence-corrected chi connectivity index (χ3v) is 6.11. The number of benzene rings is 1. The molecule has 0 atom stereocenters. The Balaban J connectivity index is 1.56. The molecule has 0 aliphatic rings. The van der Waals surface area contributed by atoms with E-state index in [0.29, 0.717) is 5.76 Å². The number of hydrogen-bond donors (Lipinski definition) is 1. The first-order valence-corrected chi connectivity index (χ1v) is 10.3. The number of carbonyl (C=O) groups is 1. The van der Waals surface area contributed by atoms with Crippen LogP contribution < -0.4 is 10.1 Å². The zero-order valence-electron chi connectivity index (χ0n) is 15.2. The molecule has 0 aliphatic carbocycles. The minimum Gasteiger partial charge on any atom is -0.482 e. The Morgan fingerprint density at radius 2 is 1.77 bits per heavy atom. The number of amides is 1. The van der Waals surface area contributed by atoms with E-state index in [-0.39, 0.29) is 62.0 Å². The van der Waals surface area contributed by atoms with E-state index in [4.69, 9.17) is 67.2 Å². The van der Waals surface area contributed by atoms with Crippen LogP contribution in [0, 0.1) is 10.1 Å². The van der Waals surface area contributed by atoms with Gasteiger partial charge in [0, 0.05) is 6.54 Å². The molecule has 9 nitrogen and oxygen atoms in total. The minimum absolute atomic E-state index is 0.00485. The lowest BCUT2D eigenvalue weighted by Crippen LogP contribution is -2.27. The zero-order chi connectivity index (χ0) is 22.7. The highest BCUT2D eigenvalue weighted by atomic mass is 35.5. The normalized spacial score (nSPS) is 10.9. The maximum absolute atomic E-state index is 12.2. The van der Waals surface area contributed by atoms with Crippen molar-refractivity contribution in [3.63, 3.8) is 0 Å². The van der Waals surface area contributed by atoms with Crippen LogP contribution in [0.5, 0.6) is 5.75 Å². The SMILES string of the molecule is O=C(NCCn1cc([N+](=O)[O-])cn1)c1ccc(COc2c(Cl)c(Cl)c(Cl)c(Cl)c2Cl)o1. The second-order valence-corrected chi connectivity index (χ2v) is 7.82. The van der Waals surface area contributed by atoms with Crippen LogP contribution in [0.3, 0.4) is 0 Å². The van der Waals surface area contributed by atoms with Crippen LogP contribution in [0.25, 0.3) is 0 Å². The largest absolute Gasteiger partial charge is 0.482 e. The summed E-state index contributed by atoms with van der Waals surface area (Å²) in [5.74, 6) is -0.114. The molecule has 0 unspecified atom stereocenters. The van der Waals surface area contributed by atoms with Crippen molar-refractivity contribution in [2.45, 2.75) is 13.2 Å². The molecule has 0 radical (unpaired) electrons. The van der Waals surface area contributed by atoms with Crippen molar-refractivity contribution >= 4 is 69.6 Å². The third-order valence-electron chi connectivity index (χ3n) is 3.87. The fourth-order valence-corrected chi connectivity index (χ4v) is 3.60. The number of carbonyl (C=O) groups excluding carboxylic acids is 1. The van der Waals surface area contributed by atoms with E-state index in [1.807, 2.05) is 0 Å². The number of rotatable bonds is 8. The molecular weight excluding hydrogens is 517 g/mol. The van der Waals surface area contributed by atoms with Gasteiger partial charge in [-0.3, -0.25) is 19.6 Å². The Morgan fingerprint density at radius 1 is 1.13 bits per heavy atom. The smallest absolute Gasteiger partial charge is 0.306 e. The summed E-state index contributed by atoms with van der Waals surface area (Å²) in [5.41, 5.74) is -0.134. The van der Waals surface area contributed by atoms with E-state index in [1.54, 1.807) is 0 Å².